The maximum atomic E-state index is 13.3. The summed E-state index contributed by atoms with van der Waals surface area (Å²) in [7, 11) is 0. The quantitative estimate of drug-likeness (QED) is 0.259. The number of carbonyl (C=O) groups excluding carboxylic acids is 2. The number of hydrogen-bond donors (Lipinski definition) is 0. The Morgan fingerprint density at radius 2 is 1.78 bits per heavy atom. The molecule has 3 aromatic carbocycles. The molecule has 2 heterocycles. The van der Waals surface area contributed by atoms with E-state index in [2.05, 4.69) is 13.8 Å². The van der Waals surface area contributed by atoms with Crippen molar-refractivity contribution < 1.29 is 14.3 Å². The number of hydrogen-bond acceptors (Lipinski definition) is 5. The van der Waals surface area contributed by atoms with Crippen molar-refractivity contribution in [3.05, 3.63) is 89.3 Å². The molecular formula is C30H28N2O3S. The Bertz CT molecular complexity index is 1390. The molecule has 0 fully saturated rings. The second-order valence-electron chi connectivity index (χ2n) is 9.23. The molecular weight excluding hydrogens is 468 g/mol. The van der Waals surface area contributed by atoms with E-state index < -0.39 is 6.10 Å². The number of thiazole rings is 1. The number of ether oxygens (including phenoxy) is 1. The maximum absolute atomic E-state index is 13.3. The lowest BCUT2D eigenvalue weighted by molar-refractivity contribution is -0.126. The molecule has 1 aromatic heterocycles. The van der Waals surface area contributed by atoms with Crippen LogP contribution >= 0.6 is 11.3 Å². The van der Waals surface area contributed by atoms with Gasteiger partial charge in [0, 0.05) is 22.1 Å². The molecule has 1 aliphatic rings. The summed E-state index contributed by atoms with van der Waals surface area (Å²) >= 11 is 1.57. The van der Waals surface area contributed by atoms with Crippen LogP contribution in [0.5, 0.6) is 5.75 Å². The first-order valence-corrected chi connectivity index (χ1v) is 13.1. The van der Waals surface area contributed by atoms with Gasteiger partial charge in [-0.1, -0.05) is 75.4 Å². The number of Topliss-reactive ketones (excluding diaryl/α,β-unsaturated/α-hetero) is 1. The highest BCUT2D eigenvalue weighted by Crippen LogP contribution is 2.39. The molecule has 0 spiro atoms. The third-order valence-corrected chi connectivity index (χ3v) is 7.34. The van der Waals surface area contributed by atoms with Crippen LogP contribution in [0.15, 0.2) is 78.2 Å². The van der Waals surface area contributed by atoms with Gasteiger partial charge >= 0.3 is 0 Å². The Morgan fingerprint density at radius 3 is 2.47 bits per heavy atom. The highest BCUT2D eigenvalue weighted by molar-refractivity contribution is 7.13. The van der Waals surface area contributed by atoms with E-state index in [0.717, 1.165) is 21.8 Å². The minimum Gasteiger partial charge on any atom is -0.478 e. The predicted molar refractivity (Wildman–Crippen MR) is 145 cm³/mol. The fourth-order valence-electron chi connectivity index (χ4n) is 4.31. The molecule has 1 atom stereocenters. The molecule has 4 aromatic rings. The smallest absolute Gasteiger partial charge is 0.268 e. The van der Waals surface area contributed by atoms with Gasteiger partial charge in [-0.15, -0.1) is 11.3 Å². The summed E-state index contributed by atoms with van der Waals surface area (Å²) in [5.74, 6) is 0.690. The summed E-state index contributed by atoms with van der Waals surface area (Å²) in [6.45, 7) is 6.11. The Labute approximate surface area is 215 Å². The molecule has 0 saturated heterocycles. The number of fused-ring (bicyclic) bond motifs is 1. The summed E-state index contributed by atoms with van der Waals surface area (Å²) in [4.78, 5) is 32.9. The first-order chi connectivity index (χ1) is 17.4. The van der Waals surface area contributed by atoms with Gasteiger partial charge < -0.3 is 4.74 Å². The number of amides is 1. The van der Waals surface area contributed by atoms with Crippen molar-refractivity contribution in [1.82, 2.24) is 4.98 Å². The summed E-state index contributed by atoms with van der Waals surface area (Å²) < 4.78 is 6.00. The van der Waals surface area contributed by atoms with E-state index >= 15 is 0 Å². The Hall–Kier alpha value is -3.77. The molecule has 1 unspecified atom stereocenters. The second kappa shape index (κ2) is 10.1. The van der Waals surface area contributed by atoms with Crippen LogP contribution in [-0.2, 0) is 4.79 Å². The fraction of sp³-hybridized carbons (Fsp3) is 0.233. The molecule has 0 radical (unpaired) electrons. The van der Waals surface area contributed by atoms with Crippen LogP contribution in [-0.4, -0.2) is 29.3 Å². The number of ketones is 1. The van der Waals surface area contributed by atoms with Crippen LogP contribution in [0.2, 0.25) is 0 Å². The van der Waals surface area contributed by atoms with E-state index in [1.54, 1.807) is 16.2 Å². The van der Waals surface area contributed by atoms with Crippen molar-refractivity contribution in [2.24, 2.45) is 0 Å². The molecule has 36 heavy (non-hydrogen) atoms. The van der Waals surface area contributed by atoms with Crippen LogP contribution in [0.4, 0.5) is 5.69 Å². The first-order valence-electron chi connectivity index (χ1n) is 12.2. The highest BCUT2D eigenvalue weighted by atomic mass is 32.1. The zero-order chi connectivity index (χ0) is 25.2. The molecule has 0 bridgehead atoms. The van der Waals surface area contributed by atoms with Gasteiger partial charge in [0.15, 0.2) is 11.9 Å². The third-order valence-electron chi connectivity index (χ3n) is 6.45. The number of carbonyl (C=O) groups is 2. The van der Waals surface area contributed by atoms with Crippen LogP contribution in [0.1, 0.15) is 49.0 Å². The highest BCUT2D eigenvalue weighted by Gasteiger charge is 2.35. The number of rotatable bonds is 7. The zero-order valence-electron chi connectivity index (χ0n) is 20.6. The van der Waals surface area contributed by atoms with Gasteiger partial charge in [-0.25, -0.2) is 4.98 Å². The number of aromatic nitrogens is 1. The molecule has 182 valence electrons. The van der Waals surface area contributed by atoms with Gasteiger partial charge in [0.1, 0.15) is 10.8 Å². The summed E-state index contributed by atoms with van der Waals surface area (Å²) in [5.41, 5.74) is 5.12. The average molecular weight is 497 g/mol. The molecule has 1 amide bonds. The van der Waals surface area contributed by atoms with Gasteiger partial charge in [0.2, 0.25) is 0 Å². The van der Waals surface area contributed by atoms with Gasteiger partial charge in [-0.3, -0.25) is 14.5 Å². The van der Waals surface area contributed by atoms with Crippen molar-refractivity contribution in [2.75, 3.05) is 11.4 Å². The molecule has 1 aliphatic heterocycles. The van der Waals surface area contributed by atoms with Crippen molar-refractivity contribution >= 4 is 28.7 Å². The van der Waals surface area contributed by atoms with E-state index in [-0.39, 0.29) is 18.2 Å². The zero-order valence-corrected chi connectivity index (χ0v) is 21.4. The van der Waals surface area contributed by atoms with Gasteiger partial charge in [-0.2, -0.15) is 0 Å². The third kappa shape index (κ3) is 4.69. The number of nitrogens with zero attached hydrogens (tertiary/aromatic N) is 2. The van der Waals surface area contributed by atoms with E-state index in [4.69, 9.17) is 9.72 Å². The molecule has 6 heteroatoms. The Balaban J connectivity index is 1.46. The first kappa shape index (κ1) is 23.9. The summed E-state index contributed by atoms with van der Waals surface area (Å²) in [6, 6.07) is 23.4. The lowest BCUT2D eigenvalue weighted by atomic mass is 10.00. The van der Waals surface area contributed by atoms with E-state index in [0.29, 0.717) is 29.3 Å². The van der Waals surface area contributed by atoms with Crippen LogP contribution in [0.3, 0.4) is 0 Å². The second-order valence-corrected chi connectivity index (χ2v) is 10.1. The standard InChI is InChI=1S/C30H28N2O3S/c1-4-27-30(34)32(17-26(33)21-12-10-20(11-13-21)19(2)3)25-16-23(14-15-28(25)35-27)24-18-36-29(31-24)22-8-6-5-7-9-22/h5-16,18-19,27H,4,17H2,1-3H3. The normalized spacial score (nSPS) is 15.1. The average Bonchev–Trinajstić information content (AvgIpc) is 3.41. The number of anilines is 1. The predicted octanol–water partition coefficient (Wildman–Crippen LogP) is 6.99. The van der Waals surface area contributed by atoms with Gasteiger partial charge in [-0.05, 0) is 36.1 Å². The van der Waals surface area contributed by atoms with Crippen molar-refractivity contribution in [3.8, 4) is 27.6 Å². The monoisotopic (exact) mass is 496 g/mol. The Kier molecular flexibility index (Phi) is 6.70. The molecule has 0 saturated carbocycles. The number of benzene rings is 3. The SMILES string of the molecule is CCC1Oc2ccc(-c3csc(-c4ccccc4)n3)cc2N(CC(=O)c2ccc(C(C)C)cc2)C1=O. The van der Waals surface area contributed by atoms with Crippen molar-refractivity contribution in [2.45, 2.75) is 39.2 Å². The topological polar surface area (TPSA) is 59.5 Å². The van der Waals surface area contributed by atoms with Crippen LogP contribution in [0, 0.1) is 0 Å². The molecule has 0 N–H and O–H groups in total. The van der Waals surface area contributed by atoms with Crippen LogP contribution in [0.25, 0.3) is 21.8 Å². The van der Waals surface area contributed by atoms with E-state index in [1.165, 1.54) is 5.56 Å². The van der Waals surface area contributed by atoms with Gasteiger partial charge in [0.05, 0.1) is 17.9 Å². The largest absolute Gasteiger partial charge is 0.478 e. The maximum Gasteiger partial charge on any atom is 0.268 e. The summed E-state index contributed by atoms with van der Waals surface area (Å²) in [5, 5.41) is 2.94. The molecule has 0 aliphatic carbocycles. The minimum absolute atomic E-state index is 0.0392. The minimum atomic E-state index is -0.608. The van der Waals surface area contributed by atoms with Gasteiger partial charge in [0.25, 0.3) is 5.91 Å². The van der Waals surface area contributed by atoms with E-state index in [9.17, 15) is 9.59 Å². The Morgan fingerprint density at radius 1 is 1.03 bits per heavy atom. The summed E-state index contributed by atoms with van der Waals surface area (Å²) in [6.07, 6.45) is -0.0798. The molecule has 5 nitrogen and oxygen atoms in total. The van der Waals surface area contributed by atoms with Crippen molar-refractivity contribution in [3.63, 3.8) is 0 Å². The lowest BCUT2D eigenvalue weighted by Crippen LogP contribution is -2.47. The molecule has 5 rings (SSSR count). The van der Waals surface area contributed by atoms with Crippen LogP contribution < -0.4 is 9.64 Å². The lowest BCUT2D eigenvalue weighted by Gasteiger charge is -2.34. The van der Waals surface area contributed by atoms with Crippen molar-refractivity contribution in [1.29, 1.82) is 0 Å². The fourth-order valence-corrected chi connectivity index (χ4v) is 5.15. The van der Waals surface area contributed by atoms with E-state index in [1.807, 2.05) is 85.1 Å².